The molecular weight excluding hydrogens is 284 g/mol. The number of thioether (sulfide) groups is 1. The second-order valence-electron chi connectivity index (χ2n) is 4.13. The first-order valence-electron chi connectivity index (χ1n) is 6.02. The van der Waals surface area contributed by atoms with Crippen LogP contribution in [0.3, 0.4) is 0 Å². The lowest BCUT2D eigenvalue weighted by molar-refractivity contribution is -0.0523. The number of hydrogen-bond acceptors (Lipinski definition) is 6. The zero-order chi connectivity index (χ0) is 15.1. The zero-order valence-electron chi connectivity index (χ0n) is 11.5. The quantitative estimate of drug-likeness (QED) is 0.675. The number of methoxy groups -OCH3 is 1. The van der Waals surface area contributed by atoms with Crippen molar-refractivity contribution >= 4 is 24.5 Å². The molecule has 0 bridgehead atoms. The van der Waals surface area contributed by atoms with Crippen LogP contribution in [-0.4, -0.2) is 78.1 Å². The maximum atomic E-state index is 11.8. The van der Waals surface area contributed by atoms with Crippen molar-refractivity contribution in [2.24, 2.45) is 4.99 Å². The number of rotatable bonds is 6. The van der Waals surface area contributed by atoms with Crippen LogP contribution < -0.4 is 0 Å². The average molecular weight is 304 g/mol. The summed E-state index contributed by atoms with van der Waals surface area (Å²) in [5, 5.41) is 18.9. The normalized spacial score (nSPS) is 29.8. The molecule has 0 radical (unpaired) electrons. The fourth-order valence-electron chi connectivity index (χ4n) is 1.94. The van der Waals surface area contributed by atoms with Crippen LogP contribution in [0, 0.1) is 0 Å². The first kappa shape index (κ1) is 17.1. The molecule has 0 aromatic carbocycles. The Labute approximate surface area is 122 Å². The Kier molecular flexibility index (Phi) is 7.17. The lowest BCUT2D eigenvalue weighted by atomic mass is 10.2. The fourth-order valence-corrected chi connectivity index (χ4v) is 2.82. The van der Waals surface area contributed by atoms with Gasteiger partial charge in [0.05, 0.1) is 24.6 Å². The van der Waals surface area contributed by atoms with Crippen LogP contribution in [0.1, 0.15) is 0 Å². The number of amides is 2. The first-order valence-corrected chi connectivity index (χ1v) is 7.31. The zero-order valence-corrected chi connectivity index (χ0v) is 12.3. The molecule has 1 rings (SSSR count). The maximum Gasteiger partial charge on any atom is 0.349 e. The Bertz CT molecular complexity index is 366. The van der Waals surface area contributed by atoms with Crippen molar-refractivity contribution < 1.29 is 24.5 Å². The average Bonchev–Trinajstić information content (AvgIpc) is 2.78. The summed E-state index contributed by atoms with van der Waals surface area (Å²) < 4.78 is 10.4. The van der Waals surface area contributed by atoms with E-state index in [9.17, 15) is 15.0 Å². The molecule has 8 heteroatoms. The Morgan fingerprint density at radius 3 is 2.85 bits per heavy atom. The number of nitrogens with zero attached hydrogens (tertiary/aromatic N) is 2. The molecule has 114 valence electrons. The Morgan fingerprint density at radius 1 is 1.65 bits per heavy atom. The summed E-state index contributed by atoms with van der Waals surface area (Å²) in [5.41, 5.74) is 0. The molecule has 1 heterocycles. The molecule has 0 aliphatic carbocycles. The molecule has 1 fully saturated rings. The second kappa shape index (κ2) is 8.38. The summed E-state index contributed by atoms with van der Waals surface area (Å²) in [7, 11) is 1.53. The van der Waals surface area contributed by atoms with Gasteiger partial charge in [-0.2, -0.15) is 11.8 Å². The lowest BCUT2D eigenvalue weighted by Gasteiger charge is -2.27. The molecule has 1 aliphatic heterocycles. The molecule has 7 nitrogen and oxygen atoms in total. The summed E-state index contributed by atoms with van der Waals surface area (Å²) in [5.74, 6) is 0. The van der Waals surface area contributed by atoms with Crippen LogP contribution in [0.2, 0.25) is 0 Å². The van der Waals surface area contributed by atoms with Crippen LogP contribution in [0.5, 0.6) is 0 Å². The van der Waals surface area contributed by atoms with E-state index in [1.807, 2.05) is 0 Å². The maximum absolute atomic E-state index is 11.8. The van der Waals surface area contributed by atoms with E-state index >= 15 is 0 Å². The highest BCUT2D eigenvalue weighted by Gasteiger charge is 2.46. The molecule has 0 aromatic heterocycles. The van der Waals surface area contributed by atoms with E-state index in [1.165, 1.54) is 30.0 Å². The van der Waals surface area contributed by atoms with E-state index in [2.05, 4.69) is 11.7 Å². The van der Waals surface area contributed by atoms with E-state index in [0.717, 1.165) is 0 Å². The van der Waals surface area contributed by atoms with Crippen molar-refractivity contribution in [2.75, 3.05) is 26.6 Å². The molecular formula is C12H20N2O5S. The Morgan fingerprint density at radius 2 is 2.35 bits per heavy atom. The van der Waals surface area contributed by atoms with Crippen molar-refractivity contribution in [3.8, 4) is 0 Å². The third-order valence-corrected chi connectivity index (χ3v) is 3.98. The monoisotopic (exact) mass is 304 g/mol. The van der Waals surface area contributed by atoms with Crippen LogP contribution in [0.25, 0.3) is 0 Å². The number of aliphatic hydroxyl groups is 2. The molecule has 4 atom stereocenters. The smallest absolute Gasteiger partial charge is 0.349 e. The molecule has 0 spiro atoms. The minimum absolute atomic E-state index is 0.319. The first-order chi connectivity index (χ1) is 9.60. The van der Waals surface area contributed by atoms with Gasteiger partial charge in [-0.25, -0.2) is 9.79 Å². The fraction of sp³-hybridized carbons (Fsp3) is 0.667. The predicted molar refractivity (Wildman–Crippen MR) is 76.9 cm³/mol. The van der Waals surface area contributed by atoms with E-state index in [0.29, 0.717) is 6.61 Å². The Hall–Kier alpha value is -0.930. The van der Waals surface area contributed by atoms with E-state index in [4.69, 9.17) is 9.47 Å². The van der Waals surface area contributed by atoms with E-state index < -0.39 is 24.5 Å². The van der Waals surface area contributed by atoms with Gasteiger partial charge >= 0.3 is 6.03 Å². The number of carbonyl (C=O) groups excluding carboxylic acids is 1. The second-order valence-corrected chi connectivity index (χ2v) is 5.14. The molecule has 2 N–H and O–H groups in total. The van der Waals surface area contributed by atoms with Gasteiger partial charge < -0.3 is 19.7 Å². The SMILES string of the molecule is C=NC(=O)N(/C=C\COC)[C@@H]1O[C@H](CO)[C@@H](O)[C@H]1SC. The van der Waals surface area contributed by atoms with Gasteiger partial charge in [0.1, 0.15) is 6.10 Å². The summed E-state index contributed by atoms with van der Waals surface area (Å²) in [6, 6.07) is -0.591. The van der Waals surface area contributed by atoms with Crippen molar-refractivity contribution in [1.82, 2.24) is 4.90 Å². The summed E-state index contributed by atoms with van der Waals surface area (Å²) in [4.78, 5) is 16.4. The molecule has 1 aliphatic rings. The number of aliphatic hydroxyl groups excluding tert-OH is 2. The van der Waals surface area contributed by atoms with Gasteiger partial charge in [-0.1, -0.05) is 0 Å². The number of hydrogen-bond donors (Lipinski definition) is 2. The van der Waals surface area contributed by atoms with Crippen LogP contribution in [0.4, 0.5) is 4.79 Å². The lowest BCUT2D eigenvalue weighted by Crippen LogP contribution is -2.41. The molecule has 0 saturated carbocycles. The van der Waals surface area contributed by atoms with Crippen LogP contribution in [0.15, 0.2) is 17.3 Å². The minimum atomic E-state index is -0.865. The molecule has 0 aromatic rings. The highest BCUT2D eigenvalue weighted by atomic mass is 32.2. The van der Waals surface area contributed by atoms with Crippen LogP contribution >= 0.6 is 11.8 Å². The molecule has 1 saturated heterocycles. The van der Waals surface area contributed by atoms with Gasteiger partial charge in [0, 0.05) is 13.3 Å². The third kappa shape index (κ3) is 3.80. The predicted octanol–water partition coefficient (Wildman–Crippen LogP) is 0.0788. The number of ether oxygens (including phenoxy) is 2. The van der Waals surface area contributed by atoms with Gasteiger partial charge in [-0.05, 0) is 19.0 Å². The summed E-state index contributed by atoms with van der Waals surface area (Å²) in [6.45, 7) is 3.21. The van der Waals surface area contributed by atoms with Crippen molar-refractivity contribution in [1.29, 1.82) is 0 Å². The highest BCUT2D eigenvalue weighted by Crippen LogP contribution is 2.32. The summed E-state index contributed by atoms with van der Waals surface area (Å²) >= 11 is 1.36. The van der Waals surface area contributed by atoms with Gasteiger partial charge in [-0.3, -0.25) is 4.90 Å². The number of carbonyl (C=O) groups is 1. The largest absolute Gasteiger partial charge is 0.394 e. The standard InChI is InChI=1S/C12H20N2O5S/c1-13-12(17)14(5-4-6-18-2)11-10(20-3)9(16)8(7-15)19-11/h4-5,8-11,15-16H,1,6-7H2,2-3H3/b5-4-/t8-,9-,10-,11-/m1/s1. The van der Waals surface area contributed by atoms with Gasteiger partial charge in [-0.15, -0.1) is 0 Å². The van der Waals surface area contributed by atoms with Crippen molar-refractivity contribution in [2.45, 2.75) is 23.7 Å². The third-order valence-electron chi connectivity index (χ3n) is 2.92. The number of urea groups is 1. The molecule has 0 unspecified atom stereocenters. The Balaban J connectivity index is 2.94. The van der Waals surface area contributed by atoms with Gasteiger partial charge in [0.25, 0.3) is 0 Å². The van der Waals surface area contributed by atoms with Gasteiger partial charge in [0.2, 0.25) is 0 Å². The van der Waals surface area contributed by atoms with Crippen molar-refractivity contribution in [3.63, 3.8) is 0 Å². The molecule has 2 amide bonds. The van der Waals surface area contributed by atoms with E-state index in [1.54, 1.807) is 12.3 Å². The minimum Gasteiger partial charge on any atom is -0.394 e. The number of aliphatic imine (C=N–C) groups is 1. The molecule has 20 heavy (non-hydrogen) atoms. The highest BCUT2D eigenvalue weighted by molar-refractivity contribution is 7.99. The summed E-state index contributed by atoms with van der Waals surface area (Å²) in [6.07, 6.45) is 2.60. The van der Waals surface area contributed by atoms with Crippen molar-refractivity contribution in [3.05, 3.63) is 12.3 Å². The van der Waals surface area contributed by atoms with Gasteiger partial charge in [0.15, 0.2) is 6.23 Å². The van der Waals surface area contributed by atoms with E-state index in [-0.39, 0.29) is 11.9 Å². The topological polar surface area (TPSA) is 91.6 Å². The van der Waals surface area contributed by atoms with Crippen LogP contribution in [-0.2, 0) is 9.47 Å².